The quantitative estimate of drug-likeness (QED) is 0.753. The standard InChI is InChI=1S/C12H21NO3/c1-8(12(15)16)9-6-13(7-9)10-4-2-3-5-11(10)14/h8-11,14H,2-7H2,1H3,(H,15,16). The summed E-state index contributed by atoms with van der Waals surface area (Å²) in [7, 11) is 0. The lowest BCUT2D eigenvalue weighted by atomic mass is 9.82. The normalized spacial score (nSPS) is 34.4. The minimum Gasteiger partial charge on any atom is -0.481 e. The first kappa shape index (κ1) is 11.9. The zero-order valence-electron chi connectivity index (χ0n) is 9.80. The van der Waals surface area contributed by atoms with Gasteiger partial charge in [-0.1, -0.05) is 19.8 Å². The summed E-state index contributed by atoms with van der Waals surface area (Å²) in [5.41, 5.74) is 0. The van der Waals surface area contributed by atoms with Gasteiger partial charge in [0.2, 0.25) is 0 Å². The first-order valence-corrected chi connectivity index (χ1v) is 6.24. The van der Waals surface area contributed by atoms with Gasteiger partial charge in [0.15, 0.2) is 0 Å². The SMILES string of the molecule is CC(C(=O)O)C1CN(C2CCCCC2O)C1. The highest BCUT2D eigenvalue weighted by Crippen LogP contribution is 2.31. The molecular weight excluding hydrogens is 206 g/mol. The van der Waals surface area contributed by atoms with Crippen molar-refractivity contribution >= 4 is 5.97 Å². The molecule has 2 rings (SSSR count). The van der Waals surface area contributed by atoms with Crippen molar-refractivity contribution in [1.29, 1.82) is 0 Å². The van der Waals surface area contributed by atoms with Crippen LogP contribution in [0.4, 0.5) is 0 Å². The molecule has 92 valence electrons. The molecule has 1 aliphatic carbocycles. The van der Waals surface area contributed by atoms with Crippen LogP contribution in [0.1, 0.15) is 32.6 Å². The molecule has 3 unspecified atom stereocenters. The van der Waals surface area contributed by atoms with Crippen LogP contribution in [0, 0.1) is 11.8 Å². The van der Waals surface area contributed by atoms with Crippen LogP contribution in [0.2, 0.25) is 0 Å². The summed E-state index contributed by atoms with van der Waals surface area (Å²) >= 11 is 0. The number of carbonyl (C=O) groups is 1. The van der Waals surface area contributed by atoms with E-state index in [0.717, 1.165) is 32.4 Å². The van der Waals surface area contributed by atoms with E-state index in [4.69, 9.17) is 5.11 Å². The predicted octanol–water partition coefficient (Wildman–Crippen LogP) is 0.942. The fraction of sp³-hybridized carbons (Fsp3) is 0.917. The van der Waals surface area contributed by atoms with Crippen LogP contribution in [0.5, 0.6) is 0 Å². The molecule has 2 aliphatic rings. The van der Waals surface area contributed by atoms with E-state index in [9.17, 15) is 9.90 Å². The van der Waals surface area contributed by atoms with Gasteiger partial charge in [0.05, 0.1) is 12.0 Å². The summed E-state index contributed by atoms with van der Waals surface area (Å²) in [5.74, 6) is -0.683. The number of carboxylic acid groups (broad SMARTS) is 1. The van der Waals surface area contributed by atoms with Crippen molar-refractivity contribution in [2.45, 2.75) is 44.8 Å². The van der Waals surface area contributed by atoms with Crippen LogP contribution < -0.4 is 0 Å². The van der Waals surface area contributed by atoms with Crippen molar-refractivity contribution in [2.24, 2.45) is 11.8 Å². The smallest absolute Gasteiger partial charge is 0.306 e. The first-order valence-electron chi connectivity index (χ1n) is 6.24. The van der Waals surface area contributed by atoms with E-state index in [1.165, 1.54) is 6.42 Å². The van der Waals surface area contributed by atoms with Crippen LogP contribution in [0.3, 0.4) is 0 Å². The van der Waals surface area contributed by atoms with Crippen LogP contribution in [-0.2, 0) is 4.79 Å². The van der Waals surface area contributed by atoms with Crippen molar-refractivity contribution < 1.29 is 15.0 Å². The Morgan fingerprint density at radius 1 is 1.31 bits per heavy atom. The monoisotopic (exact) mass is 227 g/mol. The third-order valence-corrected chi connectivity index (χ3v) is 4.20. The minimum atomic E-state index is -0.700. The van der Waals surface area contributed by atoms with Gasteiger partial charge in [-0.25, -0.2) is 0 Å². The lowest BCUT2D eigenvalue weighted by Crippen LogP contribution is -2.58. The Labute approximate surface area is 96.3 Å². The van der Waals surface area contributed by atoms with Gasteiger partial charge >= 0.3 is 5.97 Å². The predicted molar refractivity (Wildman–Crippen MR) is 60.1 cm³/mol. The number of carboxylic acids is 1. The number of aliphatic hydroxyl groups excluding tert-OH is 1. The Hall–Kier alpha value is -0.610. The van der Waals surface area contributed by atoms with E-state index in [-0.39, 0.29) is 24.0 Å². The van der Waals surface area contributed by atoms with Crippen molar-refractivity contribution in [3.63, 3.8) is 0 Å². The molecule has 0 bridgehead atoms. The summed E-state index contributed by atoms with van der Waals surface area (Å²) in [5, 5.41) is 18.8. The van der Waals surface area contributed by atoms with Gasteiger partial charge in [0.25, 0.3) is 0 Å². The van der Waals surface area contributed by atoms with E-state index >= 15 is 0 Å². The van der Waals surface area contributed by atoms with Gasteiger partial charge < -0.3 is 10.2 Å². The molecule has 1 aliphatic heterocycles. The summed E-state index contributed by atoms with van der Waals surface area (Å²) in [6.45, 7) is 3.46. The minimum absolute atomic E-state index is 0.199. The maximum absolute atomic E-state index is 10.8. The number of rotatable bonds is 3. The average Bonchev–Trinajstić information content (AvgIpc) is 2.18. The summed E-state index contributed by atoms with van der Waals surface area (Å²) < 4.78 is 0. The molecule has 4 nitrogen and oxygen atoms in total. The third-order valence-electron chi connectivity index (χ3n) is 4.20. The van der Waals surface area contributed by atoms with Gasteiger partial charge in [0.1, 0.15) is 0 Å². The molecule has 16 heavy (non-hydrogen) atoms. The van der Waals surface area contributed by atoms with Gasteiger partial charge in [-0.05, 0) is 18.8 Å². The number of hydrogen-bond acceptors (Lipinski definition) is 3. The van der Waals surface area contributed by atoms with Crippen molar-refractivity contribution in [3.8, 4) is 0 Å². The van der Waals surface area contributed by atoms with E-state index in [2.05, 4.69) is 4.90 Å². The molecule has 0 spiro atoms. The molecule has 0 radical (unpaired) electrons. The second-order valence-electron chi connectivity index (χ2n) is 5.26. The number of nitrogens with zero attached hydrogens (tertiary/aromatic N) is 1. The summed E-state index contributed by atoms with van der Waals surface area (Å²) in [6, 6.07) is 0.283. The highest BCUT2D eigenvalue weighted by atomic mass is 16.4. The van der Waals surface area contributed by atoms with Gasteiger partial charge in [-0.3, -0.25) is 9.69 Å². The fourth-order valence-electron chi connectivity index (χ4n) is 2.86. The Morgan fingerprint density at radius 2 is 1.94 bits per heavy atom. The number of hydrogen-bond donors (Lipinski definition) is 2. The van der Waals surface area contributed by atoms with Crippen LogP contribution >= 0.6 is 0 Å². The first-order chi connectivity index (χ1) is 7.59. The zero-order chi connectivity index (χ0) is 11.7. The second-order valence-corrected chi connectivity index (χ2v) is 5.26. The molecule has 4 heteroatoms. The highest BCUT2D eigenvalue weighted by molar-refractivity contribution is 5.70. The van der Waals surface area contributed by atoms with Crippen LogP contribution in [0.25, 0.3) is 0 Å². The number of likely N-dealkylation sites (tertiary alicyclic amines) is 1. The maximum atomic E-state index is 10.8. The molecular formula is C12H21NO3. The number of aliphatic carboxylic acids is 1. The molecule has 3 atom stereocenters. The zero-order valence-corrected chi connectivity index (χ0v) is 9.80. The van der Waals surface area contributed by atoms with Crippen molar-refractivity contribution in [1.82, 2.24) is 4.90 Å². The lowest BCUT2D eigenvalue weighted by molar-refractivity contribution is -0.147. The lowest BCUT2D eigenvalue weighted by Gasteiger charge is -2.48. The molecule has 2 N–H and O–H groups in total. The molecule has 2 fully saturated rings. The summed E-state index contributed by atoms with van der Waals surface area (Å²) in [4.78, 5) is 13.1. The van der Waals surface area contributed by atoms with E-state index in [1.54, 1.807) is 6.92 Å². The molecule has 1 saturated heterocycles. The number of aliphatic hydroxyl groups is 1. The Bertz CT molecular complexity index is 263. The molecule has 1 heterocycles. The van der Waals surface area contributed by atoms with Gasteiger partial charge in [-0.2, -0.15) is 0 Å². The van der Waals surface area contributed by atoms with E-state index in [0.29, 0.717) is 0 Å². The molecule has 0 aromatic heterocycles. The Morgan fingerprint density at radius 3 is 2.50 bits per heavy atom. The topological polar surface area (TPSA) is 60.8 Å². The average molecular weight is 227 g/mol. The third kappa shape index (κ3) is 2.23. The van der Waals surface area contributed by atoms with Gasteiger partial charge in [-0.15, -0.1) is 0 Å². The van der Waals surface area contributed by atoms with Gasteiger partial charge in [0, 0.05) is 19.1 Å². The summed E-state index contributed by atoms with van der Waals surface area (Å²) in [6.07, 6.45) is 4.09. The maximum Gasteiger partial charge on any atom is 0.306 e. The molecule has 0 aromatic carbocycles. The van der Waals surface area contributed by atoms with Crippen LogP contribution in [0.15, 0.2) is 0 Å². The Kier molecular flexibility index (Phi) is 3.50. The molecule has 1 saturated carbocycles. The van der Waals surface area contributed by atoms with E-state index in [1.807, 2.05) is 0 Å². The molecule has 0 amide bonds. The highest BCUT2D eigenvalue weighted by Gasteiger charge is 2.40. The largest absolute Gasteiger partial charge is 0.481 e. The molecule has 0 aromatic rings. The van der Waals surface area contributed by atoms with Crippen molar-refractivity contribution in [3.05, 3.63) is 0 Å². The fourth-order valence-corrected chi connectivity index (χ4v) is 2.86. The van der Waals surface area contributed by atoms with Crippen molar-refractivity contribution in [2.75, 3.05) is 13.1 Å². The van der Waals surface area contributed by atoms with Crippen LogP contribution in [-0.4, -0.2) is 46.3 Å². The Balaban J connectivity index is 1.81. The second kappa shape index (κ2) is 4.72. The van der Waals surface area contributed by atoms with E-state index < -0.39 is 5.97 Å².